The van der Waals surface area contributed by atoms with Gasteiger partial charge >= 0.3 is 5.97 Å². The molecule has 1 saturated carbocycles. The van der Waals surface area contributed by atoms with Gasteiger partial charge in [-0.15, -0.1) is 0 Å². The molecule has 118 valence electrons. The van der Waals surface area contributed by atoms with E-state index in [1.54, 1.807) is 4.90 Å². The summed E-state index contributed by atoms with van der Waals surface area (Å²) >= 11 is 0. The van der Waals surface area contributed by atoms with Gasteiger partial charge in [0.2, 0.25) is 0 Å². The van der Waals surface area contributed by atoms with Crippen LogP contribution in [0.1, 0.15) is 40.2 Å². The van der Waals surface area contributed by atoms with E-state index in [9.17, 15) is 18.0 Å². The molecular formula is C14H16N2O5S. The lowest BCUT2D eigenvalue weighted by molar-refractivity contribution is 0.0672. The van der Waals surface area contributed by atoms with E-state index in [1.165, 1.54) is 18.2 Å². The first-order valence-electron chi connectivity index (χ1n) is 7.11. The minimum Gasteiger partial charge on any atom is -0.477 e. The van der Waals surface area contributed by atoms with E-state index in [2.05, 4.69) is 4.98 Å². The molecule has 8 heteroatoms. The summed E-state index contributed by atoms with van der Waals surface area (Å²) < 4.78 is 23.3. The van der Waals surface area contributed by atoms with E-state index in [-0.39, 0.29) is 40.9 Å². The van der Waals surface area contributed by atoms with Gasteiger partial charge in [-0.2, -0.15) is 0 Å². The van der Waals surface area contributed by atoms with Crippen molar-refractivity contribution in [2.24, 2.45) is 0 Å². The molecule has 2 aliphatic rings. The number of hydrogen-bond donors (Lipinski definition) is 1. The summed E-state index contributed by atoms with van der Waals surface area (Å²) in [5.41, 5.74) is -0.142. The lowest BCUT2D eigenvalue weighted by atomic mass is 10.2. The van der Waals surface area contributed by atoms with Crippen LogP contribution in [0.3, 0.4) is 0 Å². The molecule has 0 bridgehead atoms. The van der Waals surface area contributed by atoms with Crippen LogP contribution in [-0.4, -0.2) is 58.9 Å². The summed E-state index contributed by atoms with van der Waals surface area (Å²) in [4.78, 5) is 29.1. The highest BCUT2D eigenvalue weighted by molar-refractivity contribution is 7.91. The zero-order valence-corrected chi connectivity index (χ0v) is 12.6. The molecule has 1 N–H and O–H groups in total. The Morgan fingerprint density at radius 1 is 1.14 bits per heavy atom. The van der Waals surface area contributed by atoms with Crippen LogP contribution in [0.2, 0.25) is 0 Å². The second-order valence-corrected chi connectivity index (χ2v) is 7.94. The van der Waals surface area contributed by atoms with Gasteiger partial charge in [-0.25, -0.2) is 18.2 Å². The fourth-order valence-electron chi connectivity index (χ4n) is 2.78. The third-order valence-electron chi connectivity index (χ3n) is 3.96. The monoisotopic (exact) mass is 324 g/mol. The molecular weight excluding hydrogens is 308 g/mol. The maximum Gasteiger partial charge on any atom is 0.354 e. The smallest absolute Gasteiger partial charge is 0.354 e. The van der Waals surface area contributed by atoms with Crippen molar-refractivity contribution in [3.05, 3.63) is 29.6 Å². The first kappa shape index (κ1) is 15.0. The summed E-state index contributed by atoms with van der Waals surface area (Å²) in [6.45, 7) is 0. The van der Waals surface area contributed by atoms with Crippen LogP contribution in [0.4, 0.5) is 0 Å². The van der Waals surface area contributed by atoms with Gasteiger partial charge in [-0.1, -0.05) is 6.07 Å². The summed E-state index contributed by atoms with van der Waals surface area (Å²) in [7, 11) is -3.09. The number of carboxylic acids is 1. The molecule has 1 aromatic heterocycles. The molecule has 0 radical (unpaired) electrons. The number of aromatic carboxylic acids is 1. The minimum atomic E-state index is -3.09. The molecule has 22 heavy (non-hydrogen) atoms. The van der Waals surface area contributed by atoms with Crippen molar-refractivity contribution in [2.75, 3.05) is 11.5 Å². The predicted molar refractivity (Wildman–Crippen MR) is 77.4 cm³/mol. The Balaban J connectivity index is 1.87. The average Bonchev–Trinajstić information content (AvgIpc) is 3.23. The number of hydrogen-bond acceptors (Lipinski definition) is 5. The largest absolute Gasteiger partial charge is 0.477 e. The molecule has 1 atom stereocenters. The zero-order chi connectivity index (χ0) is 15.9. The second-order valence-electron chi connectivity index (χ2n) is 5.71. The molecule has 1 aromatic rings. The number of amides is 1. The molecule has 2 heterocycles. The summed E-state index contributed by atoms with van der Waals surface area (Å²) in [5.74, 6) is -1.51. The van der Waals surface area contributed by atoms with E-state index in [0.29, 0.717) is 6.42 Å². The maximum atomic E-state index is 12.7. The highest BCUT2D eigenvalue weighted by Gasteiger charge is 2.42. The topological polar surface area (TPSA) is 105 Å². The van der Waals surface area contributed by atoms with Crippen molar-refractivity contribution in [1.82, 2.24) is 9.88 Å². The van der Waals surface area contributed by atoms with Crippen LogP contribution in [0, 0.1) is 0 Å². The van der Waals surface area contributed by atoms with Crippen molar-refractivity contribution in [2.45, 2.75) is 31.3 Å². The molecule has 1 aliphatic heterocycles. The van der Waals surface area contributed by atoms with Gasteiger partial charge in [0.15, 0.2) is 9.84 Å². The van der Waals surface area contributed by atoms with E-state index >= 15 is 0 Å². The van der Waals surface area contributed by atoms with E-state index in [4.69, 9.17) is 5.11 Å². The number of sulfone groups is 1. The van der Waals surface area contributed by atoms with Gasteiger partial charge in [-0.05, 0) is 31.4 Å². The SMILES string of the molecule is O=C(O)c1cccc(C(=O)N(C2CC2)C2CCS(=O)(=O)C2)n1. The second kappa shape index (κ2) is 5.35. The van der Waals surface area contributed by atoms with Crippen LogP contribution in [0.15, 0.2) is 18.2 Å². The summed E-state index contributed by atoms with van der Waals surface area (Å²) in [6, 6.07) is 3.97. The maximum absolute atomic E-state index is 12.7. The number of rotatable bonds is 4. The van der Waals surface area contributed by atoms with Crippen molar-refractivity contribution < 1.29 is 23.1 Å². The number of aromatic nitrogens is 1. The van der Waals surface area contributed by atoms with Crippen molar-refractivity contribution in [1.29, 1.82) is 0 Å². The van der Waals surface area contributed by atoms with Gasteiger partial charge in [-0.3, -0.25) is 4.79 Å². The molecule has 1 saturated heterocycles. The number of carboxylic acid groups (broad SMARTS) is 1. The molecule has 7 nitrogen and oxygen atoms in total. The Kier molecular flexibility index (Phi) is 3.64. The van der Waals surface area contributed by atoms with Gasteiger partial charge in [0, 0.05) is 12.1 Å². The Morgan fingerprint density at radius 3 is 2.36 bits per heavy atom. The van der Waals surface area contributed by atoms with Crippen LogP contribution >= 0.6 is 0 Å². The molecule has 3 rings (SSSR count). The predicted octanol–water partition coefficient (Wildman–Crippen LogP) is 0.572. The molecule has 2 fully saturated rings. The minimum absolute atomic E-state index is 0.0200. The highest BCUT2D eigenvalue weighted by Crippen LogP contribution is 2.33. The van der Waals surface area contributed by atoms with Crippen LogP contribution in [0.25, 0.3) is 0 Å². The number of carbonyl (C=O) groups excluding carboxylic acids is 1. The molecule has 1 aliphatic carbocycles. The van der Waals surface area contributed by atoms with Crippen molar-refractivity contribution in [3.63, 3.8) is 0 Å². The summed E-state index contributed by atoms with van der Waals surface area (Å²) in [6.07, 6.45) is 2.13. The molecule has 0 spiro atoms. The average molecular weight is 324 g/mol. The fourth-order valence-corrected chi connectivity index (χ4v) is 4.49. The summed E-state index contributed by atoms with van der Waals surface area (Å²) in [5, 5.41) is 8.96. The van der Waals surface area contributed by atoms with Gasteiger partial charge < -0.3 is 10.0 Å². The van der Waals surface area contributed by atoms with E-state index in [0.717, 1.165) is 12.8 Å². The lowest BCUT2D eigenvalue weighted by Crippen LogP contribution is -2.43. The van der Waals surface area contributed by atoms with E-state index in [1.807, 2.05) is 0 Å². The van der Waals surface area contributed by atoms with Crippen molar-refractivity contribution >= 4 is 21.7 Å². The van der Waals surface area contributed by atoms with Crippen LogP contribution in [0.5, 0.6) is 0 Å². The van der Waals surface area contributed by atoms with Crippen LogP contribution < -0.4 is 0 Å². The third-order valence-corrected chi connectivity index (χ3v) is 5.71. The number of nitrogens with zero attached hydrogens (tertiary/aromatic N) is 2. The van der Waals surface area contributed by atoms with Gasteiger partial charge in [0.05, 0.1) is 11.5 Å². The van der Waals surface area contributed by atoms with Crippen molar-refractivity contribution in [3.8, 4) is 0 Å². The highest BCUT2D eigenvalue weighted by atomic mass is 32.2. The standard InChI is InChI=1S/C14H16N2O5S/c17-13(11-2-1-3-12(15-11)14(18)19)16(9-4-5-9)10-6-7-22(20,21)8-10/h1-3,9-10H,4-8H2,(H,18,19). The quantitative estimate of drug-likeness (QED) is 0.868. The first-order valence-corrected chi connectivity index (χ1v) is 8.93. The Bertz CT molecular complexity index is 727. The normalized spacial score (nSPS) is 23.2. The van der Waals surface area contributed by atoms with Gasteiger partial charge in [0.1, 0.15) is 11.4 Å². The Hall–Kier alpha value is -1.96. The molecule has 0 aromatic carbocycles. The Morgan fingerprint density at radius 2 is 1.82 bits per heavy atom. The Labute approximate surface area is 127 Å². The third kappa shape index (κ3) is 2.96. The molecule has 1 unspecified atom stereocenters. The lowest BCUT2D eigenvalue weighted by Gasteiger charge is -2.28. The van der Waals surface area contributed by atoms with Crippen LogP contribution in [-0.2, 0) is 9.84 Å². The fraction of sp³-hybridized carbons (Fsp3) is 0.500. The number of carbonyl (C=O) groups is 2. The molecule has 1 amide bonds. The first-order chi connectivity index (χ1) is 10.4. The number of pyridine rings is 1. The zero-order valence-electron chi connectivity index (χ0n) is 11.8. The van der Waals surface area contributed by atoms with Gasteiger partial charge in [0.25, 0.3) is 5.91 Å². The van der Waals surface area contributed by atoms with E-state index < -0.39 is 15.8 Å².